The summed E-state index contributed by atoms with van der Waals surface area (Å²) in [6.07, 6.45) is 4.89. The number of hydrogen-bond donors (Lipinski definition) is 1. The number of nitrogens with zero attached hydrogens (tertiary/aromatic N) is 2. The molecule has 0 aliphatic carbocycles. The molecule has 0 radical (unpaired) electrons. The third-order valence-electron chi connectivity index (χ3n) is 4.72. The van der Waals surface area contributed by atoms with E-state index in [0.29, 0.717) is 42.4 Å². The minimum absolute atomic E-state index is 0.00197. The number of rotatable bonds is 5. The minimum Gasteiger partial charge on any atom is -0.427 e. The molecular weight excluding hydrogens is 358 g/mol. The Morgan fingerprint density at radius 3 is 2.57 bits per heavy atom. The fraction of sp³-hybridized carbons (Fsp3) is 0.333. The first-order valence-electron chi connectivity index (χ1n) is 9.29. The van der Waals surface area contributed by atoms with Crippen LogP contribution in [0.2, 0.25) is 0 Å². The minimum atomic E-state index is -0.426. The van der Waals surface area contributed by atoms with Crippen molar-refractivity contribution in [2.45, 2.75) is 19.8 Å². The third-order valence-corrected chi connectivity index (χ3v) is 4.72. The molecule has 0 unspecified atom stereocenters. The standard InChI is InChI=1S/C21H23N3O4/c1-15(25)28-19-6-2-4-17(12-19)20(26)23-13-16-7-10-24(11-8-16)21(27)18-5-3-9-22-14-18/h2-6,9,12,14,16H,7-8,10-11,13H2,1H3,(H,23,26). The van der Waals surface area contributed by atoms with E-state index in [1.165, 1.54) is 6.92 Å². The van der Waals surface area contributed by atoms with Gasteiger partial charge in [-0.1, -0.05) is 6.07 Å². The Labute approximate surface area is 163 Å². The first kappa shape index (κ1) is 19.5. The highest BCUT2D eigenvalue weighted by molar-refractivity contribution is 5.95. The Bertz CT molecular complexity index is 846. The van der Waals surface area contributed by atoms with E-state index in [-0.39, 0.29) is 11.8 Å². The summed E-state index contributed by atoms with van der Waals surface area (Å²) in [6.45, 7) is 3.19. The summed E-state index contributed by atoms with van der Waals surface area (Å²) in [7, 11) is 0. The number of nitrogens with one attached hydrogen (secondary N) is 1. The number of hydrogen-bond acceptors (Lipinski definition) is 5. The molecule has 0 spiro atoms. The second-order valence-corrected chi connectivity index (χ2v) is 6.81. The lowest BCUT2D eigenvalue weighted by molar-refractivity contribution is -0.131. The van der Waals surface area contributed by atoms with Crippen LogP contribution in [0, 0.1) is 5.92 Å². The van der Waals surface area contributed by atoms with Gasteiger partial charge in [-0.3, -0.25) is 19.4 Å². The maximum absolute atomic E-state index is 12.4. The lowest BCUT2D eigenvalue weighted by Gasteiger charge is -2.32. The fourth-order valence-corrected chi connectivity index (χ4v) is 3.22. The van der Waals surface area contributed by atoms with Gasteiger partial charge in [0, 0.05) is 44.5 Å². The average Bonchev–Trinajstić information content (AvgIpc) is 2.72. The molecule has 146 valence electrons. The Hall–Kier alpha value is -3.22. The van der Waals surface area contributed by atoms with Crippen LogP contribution in [0.15, 0.2) is 48.8 Å². The fourth-order valence-electron chi connectivity index (χ4n) is 3.22. The van der Waals surface area contributed by atoms with Crippen molar-refractivity contribution in [3.8, 4) is 5.75 Å². The number of carbonyl (C=O) groups is 3. The highest BCUT2D eigenvalue weighted by Gasteiger charge is 2.24. The number of piperidine rings is 1. The number of carbonyl (C=O) groups excluding carboxylic acids is 3. The monoisotopic (exact) mass is 381 g/mol. The van der Waals surface area contributed by atoms with Gasteiger partial charge in [0.15, 0.2) is 0 Å². The van der Waals surface area contributed by atoms with Crippen molar-refractivity contribution < 1.29 is 19.1 Å². The van der Waals surface area contributed by atoms with Crippen molar-refractivity contribution in [1.29, 1.82) is 0 Å². The SMILES string of the molecule is CC(=O)Oc1cccc(C(=O)NCC2CCN(C(=O)c3cccnc3)CC2)c1. The molecule has 0 atom stereocenters. The summed E-state index contributed by atoms with van der Waals surface area (Å²) >= 11 is 0. The molecule has 2 amide bonds. The van der Waals surface area contributed by atoms with Crippen LogP contribution in [0.25, 0.3) is 0 Å². The molecular formula is C21H23N3O4. The predicted octanol–water partition coefficient (Wildman–Crippen LogP) is 2.29. The summed E-state index contributed by atoms with van der Waals surface area (Å²) in [6, 6.07) is 10.1. The van der Waals surface area contributed by atoms with Crippen molar-refractivity contribution in [1.82, 2.24) is 15.2 Å². The van der Waals surface area contributed by atoms with Crippen molar-refractivity contribution in [2.24, 2.45) is 5.92 Å². The third kappa shape index (κ3) is 5.16. The molecule has 2 aromatic rings. The zero-order chi connectivity index (χ0) is 19.9. The van der Waals surface area contributed by atoms with E-state index < -0.39 is 5.97 Å². The number of ether oxygens (including phenoxy) is 1. The molecule has 1 saturated heterocycles. The van der Waals surface area contributed by atoms with Gasteiger partial charge in [0.25, 0.3) is 11.8 Å². The Morgan fingerprint density at radius 2 is 1.89 bits per heavy atom. The Morgan fingerprint density at radius 1 is 1.14 bits per heavy atom. The molecule has 28 heavy (non-hydrogen) atoms. The van der Waals surface area contributed by atoms with Gasteiger partial charge < -0.3 is 15.0 Å². The number of pyridine rings is 1. The molecule has 1 fully saturated rings. The summed E-state index contributed by atoms with van der Waals surface area (Å²) in [5.41, 5.74) is 1.05. The second-order valence-electron chi connectivity index (χ2n) is 6.81. The van der Waals surface area contributed by atoms with Crippen LogP contribution in [0.5, 0.6) is 5.75 Å². The normalized spacial score (nSPS) is 14.4. The number of aromatic nitrogens is 1. The van der Waals surface area contributed by atoms with Crippen LogP contribution < -0.4 is 10.1 Å². The molecule has 3 rings (SSSR count). The number of esters is 1. The summed E-state index contributed by atoms with van der Waals surface area (Å²) in [5.74, 6) is 0.0341. The highest BCUT2D eigenvalue weighted by atomic mass is 16.5. The van der Waals surface area contributed by atoms with Crippen LogP contribution in [-0.2, 0) is 4.79 Å². The molecule has 1 aromatic heterocycles. The van der Waals surface area contributed by atoms with E-state index in [2.05, 4.69) is 10.3 Å². The molecule has 0 bridgehead atoms. The van der Waals surface area contributed by atoms with Crippen molar-refractivity contribution in [2.75, 3.05) is 19.6 Å². The summed E-state index contributed by atoms with van der Waals surface area (Å²) < 4.78 is 5.01. The lowest BCUT2D eigenvalue weighted by Crippen LogP contribution is -2.41. The van der Waals surface area contributed by atoms with Gasteiger partial charge in [-0.25, -0.2) is 0 Å². The van der Waals surface area contributed by atoms with E-state index in [0.717, 1.165) is 12.8 Å². The second kappa shape index (κ2) is 9.12. The van der Waals surface area contributed by atoms with Crippen LogP contribution in [0.3, 0.4) is 0 Å². The Balaban J connectivity index is 1.47. The van der Waals surface area contributed by atoms with Crippen molar-refractivity contribution in [3.05, 3.63) is 59.9 Å². The smallest absolute Gasteiger partial charge is 0.308 e. The van der Waals surface area contributed by atoms with Gasteiger partial charge in [-0.05, 0) is 49.1 Å². The number of benzene rings is 1. The maximum atomic E-state index is 12.4. The van der Waals surface area contributed by atoms with E-state index in [1.807, 2.05) is 4.90 Å². The first-order valence-corrected chi connectivity index (χ1v) is 9.29. The van der Waals surface area contributed by atoms with Crippen LogP contribution >= 0.6 is 0 Å². The quantitative estimate of drug-likeness (QED) is 0.634. The van der Waals surface area contributed by atoms with Crippen LogP contribution in [0.4, 0.5) is 0 Å². The molecule has 7 heteroatoms. The highest BCUT2D eigenvalue weighted by Crippen LogP contribution is 2.19. The van der Waals surface area contributed by atoms with Gasteiger partial charge in [-0.15, -0.1) is 0 Å². The van der Waals surface area contributed by atoms with E-state index in [9.17, 15) is 14.4 Å². The predicted molar refractivity (Wildman–Crippen MR) is 103 cm³/mol. The van der Waals surface area contributed by atoms with Gasteiger partial charge in [0.2, 0.25) is 0 Å². The van der Waals surface area contributed by atoms with Crippen molar-refractivity contribution >= 4 is 17.8 Å². The zero-order valence-electron chi connectivity index (χ0n) is 15.8. The summed E-state index contributed by atoms with van der Waals surface area (Å²) in [4.78, 5) is 41.7. The molecule has 1 aromatic carbocycles. The molecule has 7 nitrogen and oxygen atoms in total. The molecule has 1 aliphatic heterocycles. The van der Waals surface area contributed by atoms with Gasteiger partial charge in [0.1, 0.15) is 5.75 Å². The molecule has 0 saturated carbocycles. The topological polar surface area (TPSA) is 88.6 Å². The Kier molecular flexibility index (Phi) is 6.37. The van der Waals surface area contributed by atoms with E-state index >= 15 is 0 Å². The van der Waals surface area contributed by atoms with E-state index in [4.69, 9.17) is 4.74 Å². The lowest BCUT2D eigenvalue weighted by atomic mass is 9.96. The zero-order valence-corrected chi connectivity index (χ0v) is 15.8. The first-order chi connectivity index (χ1) is 13.5. The van der Waals surface area contributed by atoms with Gasteiger partial charge >= 0.3 is 5.97 Å². The molecule has 1 aliphatic rings. The number of likely N-dealkylation sites (tertiary alicyclic amines) is 1. The van der Waals surface area contributed by atoms with Crippen LogP contribution in [0.1, 0.15) is 40.5 Å². The van der Waals surface area contributed by atoms with Crippen LogP contribution in [-0.4, -0.2) is 47.3 Å². The summed E-state index contributed by atoms with van der Waals surface area (Å²) in [5, 5.41) is 2.93. The molecule has 1 N–H and O–H groups in total. The van der Waals surface area contributed by atoms with Gasteiger partial charge in [0.05, 0.1) is 5.56 Å². The maximum Gasteiger partial charge on any atom is 0.308 e. The largest absolute Gasteiger partial charge is 0.427 e. The number of amides is 2. The molecule has 2 heterocycles. The average molecular weight is 381 g/mol. The van der Waals surface area contributed by atoms with E-state index in [1.54, 1.807) is 48.8 Å². The van der Waals surface area contributed by atoms with Crippen molar-refractivity contribution in [3.63, 3.8) is 0 Å². The van der Waals surface area contributed by atoms with Gasteiger partial charge in [-0.2, -0.15) is 0 Å².